The number of thiocarbonyl (C=S) groups is 1. The van der Waals surface area contributed by atoms with E-state index in [1.165, 1.54) is 14.0 Å². The third-order valence-electron chi connectivity index (χ3n) is 1.76. The van der Waals surface area contributed by atoms with E-state index in [1.807, 2.05) is 0 Å². The first-order valence-electron chi connectivity index (χ1n) is 3.90. The zero-order valence-electron chi connectivity index (χ0n) is 8.67. The van der Waals surface area contributed by atoms with Crippen LogP contribution in [-0.4, -0.2) is 50.6 Å². The molecule has 0 fully saturated rings. The number of nitrogens with zero attached hydrogens (tertiary/aromatic N) is 1. The van der Waals surface area contributed by atoms with Crippen molar-refractivity contribution in [1.82, 2.24) is 4.31 Å². The molecular weight excluding hydrogens is 260 g/mol. The molecule has 6 nitrogen and oxygen atoms in total. The predicted molar refractivity (Wildman–Crippen MR) is 62.6 cm³/mol. The molecule has 0 heterocycles. The summed E-state index contributed by atoms with van der Waals surface area (Å²) < 4.78 is 45.7. The van der Waals surface area contributed by atoms with Gasteiger partial charge in [-0.2, -0.15) is 4.31 Å². The van der Waals surface area contributed by atoms with Crippen molar-refractivity contribution in [3.05, 3.63) is 0 Å². The number of sulfone groups is 1. The van der Waals surface area contributed by atoms with Crippen LogP contribution in [0.3, 0.4) is 0 Å². The molecule has 1 atom stereocenters. The van der Waals surface area contributed by atoms with Crippen LogP contribution in [0.25, 0.3) is 0 Å². The van der Waals surface area contributed by atoms with E-state index in [9.17, 15) is 16.8 Å². The van der Waals surface area contributed by atoms with Crippen LogP contribution in [0.2, 0.25) is 0 Å². The van der Waals surface area contributed by atoms with E-state index in [0.29, 0.717) is 0 Å². The van der Waals surface area contributed by atoms with Crippen molar-refractivity contribution in [2.75, 3.05) is 18.4 Å². The lowest BCUT2D eigenvalue weighted by Crippen LogP contribution is -2.44. The Morgan fingerprint density at radius 3 is 2.07 bits per heavy atom. The average Bonchev–Trinajstić information content (AvgIpc) is 1.96. The first-order valence-corrected chi connectivity index (χ1v) is 7.98. The van der Waals surface area contributed by atoms with Crippen molar-refractivity contribution in [2.45, 2.75) is 13.0 Å². The summed E-state index contributed by atoms with van der Waals surface area (Å²) in [6.07, 6.45) is 0.851. The highest BCUT2D eigenvalue weighted by atomic mass is 32.3. The molecule has 9 heteroatoms. The van der Waals surface area contributed by atoms with Gasteiger partial charge in [-0.05, 0) is 6.92 Å². The van der Waals surface area contributed by atoms with Crippen LogP contribution in [0.5, 0.6) is 0 Å². The Bertz CT molecular complexity index is 439. The van der Waals surface area contributed by atoms with Crippen LogP contribution >= 0.6 is 12.2 Å². The van der Waals surface area contributed by atoms with Gasteiger partial charge in [-0.25, -0.2) is 16.8 Å². The van der Waals surface area contributed by atoms with E-state index < -0.39 is 31.0 Å². The molecule has 0 aliphatic carbocycles. The second kappa shape index (κ2) is 4.73. The second-order valence-electron chi connectivity index (χ2n) is 3.25. The van der Waals surface area contributed by atoms with E-state index in [2.05, 4.69) is 12.2 Å². The molecule has 0 amide bonds. The zero-order chi connectivity index (χ0) is 12.4. The average molecular weight is 274 g/mol. The summed E-state index contributed by atoms with van der Waals surface area (Å²) in [4.78, 5) is -0.00502. The molecule has 0 aromatic rings. The van der Waals surface area contributed by atoms with Gasteiger partial charge in [0.1, 0.15) is 0 Å². The van der Waals surface area contributed by atoms with E-state index in [-0.39, 0.29) is 4.99 Å². The summed E-state index contributed by atoms with van der Waals surface area (Å²) in [6.45, 7) is 1.49. The zero-order valence-corrected chi connectivity index (χ0v) is 11.1. The molecule has 0 radical (unpaired) electrons. The maximum Gasteiger partial charge on any atom is 0.228 e. The SMILES string of the molecule is CC(C(N)=S)N(C)S(=O)(=O)CS(C)(=O)=O. The number of sulfonamides is 1. The minimum absolute atomic E-state index is 0.00502. The molecule has 0 saturated heterocycles. The number of hydrogen-bond donors (Lipinski definition) is 1. The Morgan fingerprint density at radius 1 is 1.40 bits per heavy atom. The summed E-state index contributed by atoms with van der Waals surface area (Å²) >= 11 is 4.63. The Hall–Kier alpha value is -0.250. The monoisotopic (exact) mass is 274 g/mol. The third kappa shape index (κ3) is 4.87. The fourth-order valence-corrected chi connectivity index (χ4v) is 4.42. The predicted octanol–water partition coefficient (Wildman–Crippen LogP) is -1.08. The lowest BCUT2D eigenvalue weighted by atomic mass is 10.3. The van der Waals surface area contributed by atoms with Crippen LogP contribution in [0, 0.1) is 0 Å². The minimum Gasteiger partial charge on any atom is -0.392 e. The first-order chi connectivity index (χ1) is 6.47. The molecule has 0 aliphatic heterocycles. The topological polar surface area (TPSA) is 97.5 Å². The van der Waals surface area contributed by atoms with Gasteiger partial charge in [0.15, 0.2) is 14.9 Å². The largest absolute Gasteiger partial charge is 0.392 e. The number of rotatable bonds is 5. The maximum atomic E-state index is 11.5. The molecule has 0 aromatic carbocycles. The van der Waals surface area contributed by atoms with Gasteiger partial charge in [0.2, 0.25) is 10.0 Å². The molecule has 0 rings (SSSR count). The highest BCUT2D eigenvalue weighted by Crippen LogP contribution is 2.07. The third-order valence-corrected chi connectivity index (χ3v) is 6.20. The van der Waals surface area contributed by atoms with Gasteiger partial charge < -0.3 is 5.73 Å². The molecule has 1 unspecified atom stereocenters. The van der Waals surface area contributed by atoms with Crippen LogP contribution in [0.15, 0.2) is 0 Å². The number of hydrogen-bond acceptors (Lipinski definition) is 5. The van der Waals surface area contributed by atoms with Gasteiger partial charge in [-0.3, -0.25) is 0 Å². The van der Waals surface area contributed by atoms with Gasteiger partial charge in [-0.15, -0.1) is 0 Å². The molecule has 0 aliphatic rings. The van der Waals surface area contributed by atoms with Gasteiger partial charge >= 0.3 is 0 Å². The van der Waals surface area contributed by atoms with Gasteiger partial charge in [-0.1, -0.05) is 12.2 Å². The van der Waals surface area contributed by atoms with Crippen LogP contribution in [0.4, 0.5) is 0 Å². The molecule has 0 aromatic heterocycles. The molecule has 15 heavy (non-hydrogen) atoms. The van der Waals surface area contributed by atoms with Crippen molar-refractivity contribution in [3.63, 3.8) is 0 Å². The Morgan fingerprint density at radius 2 is 1.80 bits per heavy atom. The summed E-state index contributed by atoms with van der Waals surface area (Å²) in [7, 11) is -6.24. The normalized spacial score (nSPS) is 15.2. The fraction of sp³-hybridized carbons (Fsp3) is 0.833. The van der Waals surface area contributed by atoms with Crippen LogP contribution in [-0.2, 0) is 19.9 Å². The van der Waals surface area contributed by atoms with Gasteiger partial charge in [0.25, 0.3) is 0 Å². The molecule has 0 bridgehead atoms. The van der Waals surface area contributed by atoms with Crippen molar-refractivity contribution >= 4 is 37.1 Å². The number of likely N-dealkylation sites (N-methyl/N-ethyl adjacent to an activating group) is 1. The number of nitrogens with two attached hydrogens (primary N) is 1. The summed E-state index contributed by atoms with van der Waals surface area (Å²) in [5.41, 5.74) is 5.27. The molecule has 90 valence electrons. The van der Waals surface area contributed by atoms with Crippen LogP contribution in [0.1, 0.15) is 6.92 Å². The lowest BCUT2D eigenvalue weighted by Gasteiger charge is -2.22. The first kappa shape index (κ1) is 14.8. The highest BCUT2D eigenvalue weighted by molar-refractivity contribution is 8.06. The Kier molecular flexibility index (Phi) is 4.65. The molecular formula is C6H14N2O4S3. The lowest BCUT2D eigenvalue weighted by molar-refractivity contribution is 0.454. The van der Waals surface area contributed by atoms with Gasteiger partial charge in [0.05, 0.1) is 11.0 Å². The van der Waals surface area contributed by atoms with E-state index in [0.717, 1.165) is 10.6 Å². The minimum atomic E-state index is -3.88. The van der Waals surface area contributed by atoms with Crippen LogP contribution < -0.4 is 5.73 Å². The maximum absolute atomic E-state index is 11.5. The Balaban J connectivity index is 4.99. The summed E-state index contributed by atoms with van der Waals surface area (Å²) in [5, 5.41) is -0.941. The Labute approximate surface area is 95.4 Å². The summed E-state index contributed by atoms with van der Waals surface area (Å²) in [6, 6.07) is -0.702. The second-order valence-corrected chi connectivity index (χ2v) is 8.26. The smallest absolute Gasteiger partial charge is 0.228 e. The molecule has 0 saturated carbocycles. The van der Waals surface area contributed by atoms with Crippen molar-refractivity contribution in [2.24, 2.45) is 5.73 Å². The van der Waals surface area contributed by atoms with E-state index in [4.69, 9.17) is 5.73 Å². The van der Waals surface area contributed by atoms with Crippen molar-refractivity contribution in [1.29, 1.82) is 0 Å². The van der Waals surface area contributed by atoms with E-state index >= 15 is 0 Å². The van der Waals surface area contributed by atoms with Gasteiger partial charge in [0, 0.05) is 13.3 Å². The van der Waals surface area contributed by atoms with Crippen molar-refractivity contribution < 1.29 is 16.8 Å². The highest BCUT2D eigenvalue weighted by Gasteiger charge is 2.28. The van der Waals surface area contributed by atoms with Crippen molar-refractivity contribution in [3.8, 4) is 0 Å². The standard InChI is InChI=1S/C6H14N2O4S3/c1-5(6(7)13)8(2)15(11,12)4-14(3,9)10/h5H,4H2,1-3H3,(H2,7,13). The molecule has 2 N–H and O–H groups in total. The van der Waals surface area contributed by atoms with E-state index in [1.54, 1.807) is 0 Å². The summed E-state index contributed by atoms with van der Waals surface area (Å²) in [5.74, 6) is 0. The molecule has 0 spiro atoms. The fourth-order valence-electron chi connectivity index (χ4n) is 0.774. The quantitative estimate of drug-likeness (QED) is 0.641.